The van der Waals surface area contributed by atoms with Gasteiger partial charge >= 0.3 is 0 Å². The smallest absolute Gasteiger partial charge is 0.212 e. The van der Waals surface area contributed by atoms with Crippen molar-refractivity contribution in [2.45, 2.75) is 80.1 Å². The van der Waals surface area contributed by atoms with Gasteiger partial charge in [-0.1, -0.05) is 86.1 Å². The zero-order valence-electron chi connectivity index (χ0n) is 14.4. The first-order chi connectivity index (χ1) is 9.14. The van der Waals surface area contributed by atoms with E-state index in [1.54, 1.807) is 12.1 Å². The third kappa shape index (κ3) is 43.0. The Kier molecular flexibility index (Phi) is 44.0. The maximum Gasteiger partial charge on any atom is 0.212 e. The van der Waals surface area contributed by atoms with Crippen LogP contribution in [0.25, 0.3) is 0 Å². The van der Waals surface area contributed by atoms with Crippen molar-refractivity contribution in [2.75, 3.05) is 0 Å². The molecule has 0 amide bonds. The maximum atomic E-state index is 11.8. The minimum atomic E-state index is -0.428. The summed E-state index contributed by atoms with van der Waals surface area (Å²) >= 11 is 0. The fourth-order valence-electron chi connectivity index (χ4n) is 0.342. The number of pyridine rings is 1. The molecule has 0 aliphatic rings. The monoisotopic (exact) mass is 391 g/mol. The SMILES string of the molecule is CCCC.CCCC.CCCC.Fc1ccccn1.[Sn]. The summed E-state index contributed by atoms with van der Waals surface area (Å²) in [5, 5.41) is 0. The summed E-state index contributed by atoms with van der Waals surface area (Å²) in [6, 6.07) is 4.57. The average molecular weight is 390 g/mol. The minimum absolute atomic E-state index is 0. The third-order valence-electron chi connectivity index (χ3n) is 2.13. The second-order valence-electron chi connectivity index (χ2n) is 4.15. The number of aromatic nitrogens is 1. The molecule has 118 valence electrons. The molecule has 0 bridgehead atoms. The molecule has 3 heteroatoms. The summed E-state index contributed by atoms with van der Waals surface area (Å²) in [6.07, 6.45) is 9.33. The van der Waals surface area contributed by atoms with Crippen LogP contribution in [0, 0.1) is 5.95 Å². The predicted octanol–water partition coefficient (Wildman–Crippen LogP) is 6.26. The fourth-order valence-corrected chi connectivity index (χ4v) is 0.342. The van der Waals surface area contributed by atoms with E-state index in [0.29, 0.717) is 0 Å². The number of halogens is 1. The van der Waals surface area contributed by atoms with Crippen molar-refractivity contribution in [2.24, 2.45) is 0 Å². The molecule has 1 heterocycles. The molecule has 0 unspecified atom stereocenters. The molecule has 0 saturated carbocycles. The molecule has 1 aromatic heterocycles. The molecule has 0 aliphatic heterocycles. The van der Waals surface area contributed by atoms with E-state index < -0.39 is 5.95 Å². The Morgan fingerprint density at radius 3 is 1.20 bits per heavy atom. The molecule has 4 radical (unpaired) electrons. The Hall–Kier alpha value is -0.121. The standard InChI is InChI=1S/C5H4FN.3C4H10.Sn/c6-5-3-1-2-4-7-5;3*1-3-4-2;/h1-4H;3*3-4H2,1-2H3;. The molecule has 0 fully saturated rings. The van der Waals surface area contributed by atoms with E-state index in [-0.39, 0.29) is 23.9 Å². The van der Waals surface area contributed by atoms with Crippen molar-refractivity contribution in [3.63, 3.8) is 0 Å². The number of unbranched alkanes of at least 4 members (excludes halogenated alkanes) is 3. The molecule has 20 heavy (non-hydrogen) atoms. The Bertz CT molecular complexity index is 202. The van der Waals surface area contributed by atoms with Crippen LogP contribution in [0.15, 0.2) is 24.4 Å². The number of hydrogen-bond acceptors (Lipinski definition) is 1. The van der Waals surface area contributed by atoms with Gasteiger partial charge in [0.05, 0.1) is 0 Å². The van der Waals surface area contributed by atoms with E-state index in [4.69, 9.17) is 0 Å². The molecular formula is C17H34FNSn. The molecule has 0 spiro atoms. The molecule has 1 rings (SSSR count). The van der Waals surface area contributed by atoms with Gasteiger partial charge in [0, 0.05) is 30.1 Å². The Morgan fingerprint density at radius 2 is 1.10 bits per heavy atom. The van der Waals surface area contributed by atoms with Crippen molar-refractivity contribution >= 4 is 23.9 Å². The van der Waals surface area contributed by atoms with E-state index >= 15 is 0 Å². The summed E-state index contributed by atoms with van der Waals surface area (Å²) in [4.78, 5) is 3.31. The normalized spacial score (nSPS) is 7.55. The Balaban J connectivity index is -0.0000000881. The Morgan fingerprint density at radius 1 is 0.750 bits per heavy atom. The van der Waals surface area contributed by atoms with Gasteiger partial charge in [0.2, 0.25) is 5.95 Å². The quantitative estimate of drug-likeness (QED) is 0.439. The second kappa shape index (κ2) is 31.3. The van der Waals surface area contributed by atoms with Crippen LogP contribution in [0.2, 0.25) is 0 Å². The molecule has 0 saturated heterocycles. The number of hydrogen-bond donors (Lipinski definition) is 0. The number of rotatable bonds is 3. The van der Waals surface area contributed by atoms with Crippen LogP contribution >= 0.6 is 0 Å². The number of nitrogens with zero attached hydrogens (tertiary/aromatic N) is 1. The average Bonchev–Trinajstić information content (AvgIpc) is 2.48. The maximum absolute atomic E-state index is 11.8. The van der Waals surface area contributed by atoms with Crippen LogP contribution in [0.4, 0.5) is 4.39 Å². The van der Waals surface area contributed by atoms with Crippen molar-refractivity contribution in [1.29, 1.82) is 0 Å². The van der Waals surface area contributed by atoms with E-state index in [1.807, 2.05) is 0 Å². The van der Waals surface area contributed by atoms with Crippen LogP contribution < -0.4 is 0 Å². The molecule has 0 aromatic carbocycles. The molecule has 1 aromatic rings. The predicted molar refractivity (Wildman–Crippen MR) is 91.7 cm³/mol. The van der Waals surface area contributed by atoms with E-state index in [1.165, 1.54) is 50.8 Å². The van der Waals surface area contributed by atoms with Gasteiger partial charge in [0.15, 0.2) is 0 Å². The van der Waals surface area contributed by atoms with Gasteiger partial charge in [-0.15, -0.1) is 0 Å². The molecule has 1 nitrogen and oxygen atoms in total. The minimum Gasteiger partial charge on any atom is -0.228 e. The van der Waals surface area contributed by atoms with Gasteiger partial charge < -0.3 is 0 Å². The molecule has 0 aliphatic carbocycles. The second-order valence-corrected chi connectivity index (χ2v) is 4.15. The summed E-state index contributed by atoms with van der Waals surface area (Å²) in [5.41, 5.74) is 0. The zero-order valence-corrected chi connectivity index (χ0v) is 17.2. The van der Waals surface area contributed by atoms with Gasteiger partial charge in [0.1, 0.15) is 0 Å². The van der Waals surface area contributed by atoms with Gasteiger partial charge in [-0.05, 0) is 12.1 Å². The van der Waals surface area contributed by atoms with E-state index in [0.717, 1.165) is 0 Å². The third-order valence-corrected chi connectivity index (χ3v) is 2.13. The summed E-state index contributed by atoms with van der Waals surface area (Å²) in [5.74, 6) is -0.428. The van der Waals surface area contributed by atoms with Crippen LogP contribution in [0.3, 0.4) is 0 Å². The Labute approximate surface area is 143 Å². The van der Waals surface area contributed by atoms with Crippen LogP contribution in [0.5, 0.6) is 0 Å². The first-order valence-corrected chi connectivity index (χ1v) is 7.70. The van der Waals surface area contributed by atoms with E-state index in [2.05, 4.69) is 46.5 Å². The van der Waals surface area contributed by atoms with Gasteiger partial charge in [-0.3, -0.25) is 0 Å². The van der Waals surface area contributed by atoms with Crippen molar-refractivity contribution in [3.05, 3.63) is 30.3 Å². The van der Waals surface area contributed by atoms with Crippen molar-refractivity contribution < 1.29 is 4.39 Å². The largest absolute Gasteiger partial charge is 0.228 e. The van der Waals surface area contributed by atoms with Crippen LogP contribution in [-0.2, 0) is 0 Å². The summed E-state index contributed by atoms with van der Waals surface area (Å²) in [7, 11) is 0. The van der Waals surface area contributed by atoms with E-state index in [9.17, 15) is 4.39 Å². The van der Waals surface area contributed by atoms with Gasteiger partial charge in [0.25, 0.3) is 0 Å². The van der Waals surface area contributed by atoms with Gasteiger partial charge in [-0.2, -0.15) is 4.39 Å². The first-order valence-electron chi connectivity index (χ1n) is 7.70. The first kappa shape index (κ1) is 28.1. The van der Waals surface area contributed by atoms with Crippen molar-refractivity contribution in [3.8, 4) is 0 Å². The van der Waals surface area contributed by atoms with Crippen LogP contribution in [0.1, 0.15) is 80.1 Å². The topological polar surface area (TPSA) is 12.9 Å². The zero-order chi connectivity index (χ0) is 15.4. The van der Waals surface area contributed by atoms with Gasteiger partial charge in [-0.25, -0.2) is 4.98 Å². The van der Waals surface area contributed by atoms with Crippen molar-refractivity contribution in [1.82, 2.24) is 4.98 Å². The molecule has 0 N–H and O–H groups in total. The summed E-state index contributed by atoms with van der Waals surface area (Å²) in [6.45, 7) is 13.1. The summed E-state index contributed by atoms with van der Waals surface area (Å²) < 4.78 is 11.8. The van der Waals surface area contributed by atoms with Crippen LogP contribution in [-0.4, -0.2) is 28.9 Å². The molecular weight excluding hydrogens is 356 g/mol. The fraction of sp³-hybridized carbons (Fsp3) is 0.706. The molecule has 0 atom stereocenters.